The lowest BCUT2D eigenvalue weighted by Crippen LogP contribution is -2.09. The van der Waals surface area contributed by atoms with Crippen LogP contribution in [-0.2, 0) is 19.2 Å². The Balaban J connectivity index is 2.18. The molecule has 2 aromatic rings. The summed E-state index contributed by atoms with van der Waals surface area (Å²) in [4.78, 5) is 0.870. The van der Waals surface area contributed by atoms with Crippen molar-refractivity contribution >= 4 is 38.7 Å². The smallest absolute Gasteiger partial charge is 0.339 e. The van der Waals surface area contributed by atoms with Gasteiger partial charge in [0.1, 0.15) is 10.6 Å². The molecule has 0 aromatic heterocycles. The third-order valence-corrected chi connectivity index (χ3v) is 12.2. The first-order chi connectivity index (χ1) is 13.1. The van der Waals surface area contributed by atoms with Crippen molar-refractivity contribution in [1.29, 1.82) is 0 Å². The van der Waals surface area contributed by atoms with Gasteiger partial charge in [-0.2, -0.15) is 8.42 Å². The molecule has 0 radical (unpaired) electrons. The van der Waals surface area contributed by atoms with Crippen LogP contribution in [0, 0.1) is 12.8 Å². The molecule has 1 atom stereocenters. The first-order valence-corrected chi connectivity index (χ1v) is 14.9. The average Bonchev–Trinajstić information content (AvgIpc) is 2.63. The lowest BCUT2D eigenvalue weighted by molar-refractivity contribution is 0.357. The Morgan fingerprint density at radius 1 is 1.11 bits per heavy atom. The summed E-state index contributed by atoms with van der Waals surface area (Å²) in [7, 11) is -3.90. The van der Waals surface area contributed by atoms with Crippen molar-refractivity contribution in [3.05, 3.63) is 54.1 Å². The highest BCUT2D eigenvalue weighted by Crippen LogP contribution is 2.72. The Kier molecular flexibility index (Phi) is 8.52. The van der Waals surface area contributed by atoms with E-state index in [1.54, 1.807) is 36.4 Å². The van der Waals surface area contributed by atoms with Crippen LogP contribution in [0.25, 0.3) is 0 Å². The van der Waals surface area contributed by atoms with Gasteiger partial charge in [-0.1, -0.05) is 43.4 Å². The molecule has 0 heterocycles. The second-order valence-corrected chi connectivity index (χ2v) is 15.2. The summed E-state index contributed by atoms with van der Waals surface area (Å²) in [5.41, 5.74) is 0.774. The zero-order valence-electron chi connectivity index (χ0n) is 16.3. The zero-order chi connectivity index (χ0) is 20.8. The molecule has 0 fully saturated rings. The van der Waals surface area contributed by atoms with Gasteiger partial charge in [-0.15, -0.1) is 0 Å². The molecule has 0 saturated carbocycles. The summed E-state index contributed by atoms with van der Waals surface area (Å²) >= 11 is 2.54. The van der Waals surface area contributed by atoms with Gasteiger partial charge in [0.05, 0.1) is 6.61 Å². The monoisotopic (exact) mass is 460 g/mol. The molecule has 154 valence electrons. The van der Waals surface area contributed by atoms with Gasteiger partial charge < -0.3 is 8.71 Å². The fourth-order valence-electron chi connectivity index (χ4n) is 2.15. The molecule has 0 spiro atoms. The van der Waals surface area contributed by atoms with E-state index in [-0.39, 0.29) is 10.6 Å². The van der Waals surface area contributed by atoms with Crippen molar-refractivity contribution < 1.29 is 21.7 Å². The minimum atomic E-state index is -3.90. The SMILES string of the molecule is CCOP(=O)(SCC(C)C)Sc1ccc(OS(=O)(=O)c2ccccc2)cc1C. The van der Waals surface area contributed by atoms with Crippen LogP contribution < -0.4 is 4.18 Å². The van der Waals surface area contributed by atoms with Crippen molar-refractivity contribution in [3.8, 4) is 5.75 Å². The number of aryl methyl sites for hydroxylation is 1. The molecule has 2 aromatic carbocycles. The lowest BCUT2D eigenvalue weighted by atomic mass is 10.2. The predicted octanol–water partition coefficient (Wildman–Crippen LogP) is 6.39. The van der Waals surface area contributed by atoms with E-state index in [1.807, 2.05) is 13.8 Å². The third kappa shape index (κ3) is 6.85. The van der Waals surface area contributed by atoms with Crippen molar-refractivity contribution in [2.24, 2.45) is 5.92 Å². The summed E-state index contributed by atoms with van der Waals surface area (Å²) in [5, 5.41) is 0. The van der Waals surface area contributed by atoms with Crippen LogP contribution in [0.15, 0.2) is 58.3 Å². The molecule has 0 aliphatic rings. The maximum Gasteiger partial charge on any atom is 0.339 e. The fourth-order valence-corrected chi connectivity index (χ4v) is 10.3. The van der Waals surface area contributed by atoms with E-state index in [4.69, 9.17) is 8.71 Å². The first kappa shape index (κ1) is 23.4. The van der Waals surface area contributed by atoms with Crippen LogP contribution in [0.3, 0.4) is 0 Å². The van der Waals surface area contributed by atoms with Gasteiger partial charge in [0.2, 0.25) is 0 Å². The second kappa shape index (κ2) is 10.2. The molecule has 0 amide bonds. The van der Waals surface area contributed by atoms with E-state index in [0.29, 0.717) is 12.5 Å². The minimum Gasteiger partial charge on any atom is -0.379 e. The molecule has 5 nitrogen and oxygen atoms in total. The molecule has 0 aliphatic carbocycles. The lowest BCUT2D eigenvalue weighted by Gasteiger charge is -2.18. The fraction of sp³-hybridized carbons (Fsp3) is 0.368. The minimum absolute atomic E-state index is 0.0945. The Morgan fingerprint density at radius 3 is 2.36 bits per heavy atom. The van der Waals surface area contributed by atoms with Crippen LogP contribution in [-0.4, -0.2) is 20.8 Å². The van der Waals surface area contributed by atoms with E-state index in [9.17, 15) is 13.0 Å². The van der Waals surface area contributed by atoms with Gasteiger partial charge >= 0.3 is 15.9 Å². The van der Waals surface area contributed by atoms with E-state index in [2.05, 4.69) is 13.8 Å². The highest BCUT2D eigenvalue weighted by atomic mass is 33.1. The molecular weight excluding hydrogens is 435 g/mol. The molecule has 0 aliphatic heterocycles. The van der Waals surface area contributed by atoms with Gasteiger partial charge in [-0.3, -0.25) is 4.57 Å². The Morgan fingerprint density at radius 2 is 1.79 bits per heavy atom. The molecule has 0 bridgehead atoms. The van der Waals surface area contributed by atoms with Crippen LogP contribution in [0.1, 0.15) is 26.3 Å². The summed E-state index contributed by atoms with van der Waals surface area (Å²) in [6.07, 6.45) is 0. The largest absolute Gasteiger partial charge is 0.379 e. The van der Waals surface area contributed by atoms with E-state index < -0.39 is 15.9 Å². The predicted molar refractivity (Wildman–Crippen MR) is 118 cm³/mol. The van der Waals surface area contributed by atoms with Gasteiger partial charge in [-0.25, -0.2) is 0 Å². The third-order valence-electron chi connectivity index (χ3n) is 3.45. The maximum absolute atomic E-state index is 13.1. The Bertz CT molecular complexity index is 930. The normalized spacial score (nSPS) is 14.0. The highest BCUT2D eigenvalue weighted by Gasteiger charge is 2.27. The van der Waals surface area contributed by atoms with E-state index in [0.717, 1.165) is 16.2 Å². The number of rotatable bonds is 10. The zero-order valence-corrected chi connectivity index (χ0v) is 19.7. The first-order valence-electron chi connectivity index (χ1n) is 8.84. The van der Waals surface area contributed by atoms with Crippen molar-refractivity contribution in [3.63, 3.8) is 0 Å². The molecule has 1 unspecified atom stereocenters. The van der Waals surface area contributed by atoms with Crippen molar-refractivity contribution in [2.45, 2.75) is 37.5 Å². The standard InChI is InChI=1S/C19H25O5PS3/c1-5-23-25(20,26-14-15(2)3)27-19-12-11-17(13-16(19)4)24-28(21,22)18-9-7-6-8-10-18/h6-13,15H,5,14H2,1-4H3. The summed E-state index contributed by atoms with van der Waals surface area (Å²) in [6.45, 7) is 8.15. The summed E-state index contributed by atoms with van der Waals surface area (Å²) in [5.74, 6) is -1.60. The Labute approximate surface area is 175 Å². The topological polar surface area (TPSA) is 69.7 Å². The average molecular weight is 461 g/mol. The number of hydrogen-bond acceptors (Lipinski definition) is 7. The van der Waals surface area contributed by atoms with Gasteiger partial charge in [-0.05, 0) is 67.0 Å². The highest BCUT2D eigenvalue weighted by molar-refractivity contribution is 8.89. The molecule has 28 heavy (non-hydrogen) atoms. The second-order valence-electron chi connectivity index (χ2n) is 6.42. The molecule has 0 saturated heterocycles. The van der Waals surface area contributed by atoms with Crippen LogP contribution >= 0.6 is 28.5 Å². The van der Waals surface area contributed by atoms with Gasteiger partial charge in [0, 0.05) is 10.6 Å². The molecular formula is C19H25O5PS3. The maximum atomic E-state index is 13.1. The van der Waals surface area contributed by atoms with E-state index >= 15 is 0 Å². The summed E-state index contributed by atoms with van der Waals surface area (Å²) < 4.78 is 48.6. The van der Waals surface area contributed by atoms with Crippen LogP contribution in [0.2, 0.25) is 0 Å². The van der Waals surface area contributed by atoms with Crippen molar-refractivity contribution in [2.75, 3.05) is 12.4 Å². The number of benzene rings is 2. The Hall–Kier alpha value is -0.920. The molecule has 2 rings (SSSR count). The molecule has 0 N–H and O–H groups in total. The number of hydrogen-bond donors (Lipinski definition) is 0. The van der Waals surface area contributed by atoms with Crippen molar-refractivity contribution in [1.82, 2.24) is 0 Å². The van der Waals surface area contributed by atoms with E-state index in [1.165, 1.54) is 34.9 Å². The van der Waals surface area contributed by atoms with Crippen LogP contribution in [0.4, 0.5) is 0 Å². The quantitative estimate of drug-likeness (QED) is 0.301. The van der Waals surface area contributed by atoms with Gasteiger partial charge in [0.15, 0.2) is 0 Å². The molecule has 9 heteroatoms. The van der Waals surface area contributed by atoms with Gasteiger partial charge in [0.25, 0.3) is 0 Å². The summed E-state index contributed by atoms with van der Waals surface area (Å²) in [6, 6.07) is 12.9. The van der Waals surface area contributed by atoms with Crippen LogP contribution in [0.5, 0.6) is 5.75 Å².